The third-order valence-electron chi connectivity index (χ3n) is 2.29. The Morgan fingerprint density at radius 1 is 1.57 bits per heavy atom. The average Bonchev–Trinajstić information content (AvgIpc) is 2.48. The van der Waals surface area contributed by atoms with Crippen molar-refractivity contribution in [3.63, 3.8) is 0 Å². The van der Waals surface area contributed by atoms with Gasteiger partial charge in [0, 0.05) is 17.7 Å². The molecule has 0 saturated carbocycles. The molecule has 0 fully saturated rings. The molecule has 0 amide bonds. The first-order valence-corrected chi connectivity index (χ1v) is 5.86. The highest BCUT2D eigenvalue weighted by molar-refractivity contribution is 7.12. The molecule has 14 heavy (non-hydrogen) atoms. The molecule has 1 aromatic rings. The van der Waals surface area contributed by atoms with Crippen molar-refractivity contribution in [1.82, 2.24) is 4.98 Å². The lowest BCUT2D eigenvalue weighted by atomic mass is 10.1. The van der Waals surface area contributed by atoms with Crippen LogP contribution in [0.4, 0.5) is 0 Å². The number of nitrogens with zero attached hydrogens (tertiary/aromatic N) is 1. The van der Waals surface area contributed by atoms with Gasteiger partial charge in [-0.3, -0.25) is 4.79 Å². The Morgan fingerprint density at radius 2 is 2.21 bits per heavy atom. The maximum absolute atomic E-state index is 11.2. The number of ketones is 1. The minimum Gasteiger partial charge on any atom is -0.293 e. The fourth-order valence-electron chi connectivity index (χ4n) is 1.51. The van der Waals surface area contributed by atoms with Crippen LogP contribution in [-0.2, 0) is 0 Å². The van der Waals surface area contributed by atoms with Crippen LogP contribution in [0.3, 0.4) is 0 Å². The number of aromatic nitrogens is 1. The van der Waals surface area contributed by atoms with Gasteiger partial charge in [-0.1, -0.05) is 20.3 Å². The molecule has 2 nitrogen and oxygen atoms in total. The maximum Gasteiger partial charge on any atom is 0.179 e. The van der Waals surface area contributed by atoms with E-state index in [1.807, 2.05) is 6.92 Å². The first kappa shape index (κ1) is 11.4. The highest BCUT2D eigenvalue weighted by atomic mass is 32.1. The Bertz CT molecular complexity index is 330. The van der Waals surface area contributed by atoms with E-state index < -0.39 is 0 Å². The lowest BCUT2D eigenvalue weighted by Crippen LogP contribution is -1.97. The molecular weight excluding hydrogens is 194 g/mol. The minimum atomic E-state index is 0.0775. The van der Waals surface area contributed by atoms with E-state index in [4.69, 9.17) is 0 Å². The summed E-state index contributed by atoms with van der Waals surface area (Å²) in [5.41, 5.74) is 0.660. The average molecular weight is 211 g/mol. The Labute approximate surface area is 89.4 Å². The molecule has 0 N–H and O–H groups in total. The highest BCUT2D eigenvalue weighted by Crippen LogP contribution is 2.27. The zero-order valence-corrected chi connectivity index (χ0v) is 10.1. The van der Waals surface area contributed by atoms with Gasteiger partial charge < -0.3 is 0 Å². The first-order valence-electron chi connectivity index (χ1n) is 5.04. The lowest BCUT2D eigenvalue weighted by Gasteiger charge is -2.04. The van der Waals surface area contributed by atoms with Crippen molar-refractivity contribution >= 4 is 17.1 Å². The number of rotatable bonds is 4. The molecule has 0 spiro atoms. The normalized spacial score (nSPS) is 12.9. The van der Waals surface area contributed by atoms with Crippen LogP contribution in [0.5, 0.6) is 0 Å². The van der Waals surface area contributed by atoms with Gasteiger partial charge in [-0.15, -0.1) is 11.3 Å². The smallest absolute Gasteiger partial charge is 0.179 e. The molecular formula is C11H17NOS. The Morgan fingerprint density at radius 3 is 2.64 bits per heavy atom. The van der Waals surface area contributed by atoms with Crippen molar-refractivity contribution in [2.24, 2.45) is 0 Å². The van der Waals surface area contributed by atoms with Gasteiger partial charge in [0.2, 0.25) is 0 Å². The molecule has 1 aromatic heterocycles. The van der Waals surface area contributed by atoms with Gasteiger partial charge in [0.15, 0.2) is 5.78 Å². The molecule has 78 valence electrons. The molecule has 1 rings (SSSR count). The monoisotopic (exact) mass is 211 g/mol. The van der Waals surface area contributed by atoms with E-state index in [2.05, 4.69) is 18.8 Å². The van der Waals surface area contributed by atoms with Gasteiger partial charge in [0.1, 0.15) is 5.69 Å². The number of hydrogen-bond donors (Lipinski definition) is 0. The molecule has 0 aliphatic rings. The molecule has 0 aromatic carbocycles. The summed E-state index contributed by atoms with van der Waals surface area (Å²) in [5, 5.41) is 1.11. The maximum atomic E-state index is 11.2. The van der Waals surface area contributed by atoms with Crippen LogP contribution >= 0.6 is 11.3 Å². The number of aryl methyl sites for hydroxylation is 1. The van der Waals surface area contributed by atoms with Gasteiger partial charge in [-0.25, -0.2) is 4.98 Å². The summed E-state index contributed by atoms with van der Waals surface area (Å²) >= 11 is 1.66. The summed E-state index contributed by atoms with van der Waals surface area (Å²) in [6, 6.07) is 0. The molecule has 3 heteroatoms. The predicted molar refractivity (Wildman–Crippen MR) is 60.2 cm³/mol. The molecule has 0 radical (unpaired) electrons. The summed E-state index contributed by atoms with van der Waals surface area (Å²) in [6.07, 6.45) is 2.31. The topological polar surface area (TPSA) is 30.0 Å². The van der Waals surface area contributed by atoms with Crippen molar-refractivity contribution < 1.29 is 4.79 Å². The van der Waals surface area contributed by atoms with E-state index in [0.29, 0.717) is 11.6 Å². The van der Waals surface area contributed by atoms with E-state index in [1.54, 1.807) is 18.3 Å². The third kappa shape index (κ3) is 2.41. The minimum absolute atomic E-state index is 0.0775. The second kappa shape index (κ2) is 4.69. The van der Waals surface area contributed by atoms with Crippen molar-refractivity contribution in [2.45, 2.75) is 46.5 Å². The predicted octanol–water partition coefficient (Wildman–Crippen LogP) is 3.56. The Balaban J connectivity index is 2.90. The van der Waals surface area contributed by atoms with E-state index in [9.17, 15) is 4.79 Å². The Hall–Kier alpha value is -0.700. The number of thiazole rings is 1. The highest BCUT2D eigenvalue weighted by Gasteiger charge is 2.15. The zero-order valence-electron chi connectivity index (χ0n) is 9.26. The van der Waals surface area contributed by atoms with Crippen LogP contribution in [0.1, 0.15) is 59.9 Å². The van der Waals surface area contributed by atoms with E-state index in [-0.39, 0.29) is 5.78 Å². The van der Waals surface area contributed by atoms with Crippen molar-refractivity contribution in [1.29, 1.82) is 0 Å². The van der Waals surface area contributed by atoms with Crippen LogP contribution in [-0.4, -0.2) is 10.8 Å². The van der Waals surface area contributed by atoms with Crippen LogP contribution in [0.15, 0.2) is 0 Å². The molecule has 1 unspecified atom stereocenters. The third-order valence-corrected chi connectivity index (χ3v) is 3.49. The van der Waals surface area contributed by atoms with Crippen molar-refractivity contribution in [3.8, 4) is 0 Å². The summed E-state index contributed by atoms with van der Waals surface area (Å²) in [5.74, 6) is 0.561. The summed E-state index contributed by atoms with van der Waals surface area (Å²) in [4.78, 5) is 16.7. The molecule has 0 saturated heterocycles. The second-order valence-electron chi connectivity index (χ2n) is 3.70. The molecule has 1 heterocycles. The standard InChI is InChI=1S/C11H17NOS/c1-5-6-7(2)11-12-10(8(3)13)9(4)14-11/h7H,5-6H2,1-4H3. The fraction of sp³-hybridized carbons (Fsp3) is 0.636. The van der Waals surface area contributed by atoms with Gasteiger partial charge in [-0.05, 0) is 13.3 Å². The number of carbonyl (C=O) groups is 1. The van der Waals surface area contributed by atoms with Gasteiger partial charge in [0.25, 0.3) is 0 Å². The second-order valence-corrected chi connectivity index (χ2v) is 4.94. The van der Waals surface area contributed by atoms with Crippen molar-refractivity contribution in [3.05, 3.63) is 15.6 Å². The largest absolute Gasteiger partial charge is 0.293 e. The van der Waals surface area contributed by atoms with Crippen LogP contribution in [0.25, 0.3) is 0 Å². The van der Waals surface area contributed by atoms with Crippen LogP contribution < -0.4 is 0 Å². The quantitative estimate of drug-likeness (QED) is 0.713. The summed E-state index contributed by atoms with van der Waals surface area (Å²) in [6.45, 7) is 7.89. The summed E-state index contributed by atoms with van der Waals surface area (Å²) < 4.78 is 0. The zero-order chi connectivity index (χ0) is 10.7. The van der Waals surface area contributed by atoms with Crippen LogP contribution in [0.2, 0.25) is 0 Å². The molecule has 0 aliphatic carbocycles. The SMILES string of the molecule is CCCC(C)c1nc(C(C)=O)c(C)s1. The number of Topliss-reactive ketones (excluding diaryl/α,β-unsaturated/α-hetero) is 1. The van der Waals surface area contributed by atoms with Gasteiger partial charge >= 0.3 is 0 Å². The first-order chi connectivity index (χ1) is 6.56. The Kier molecular flexibility index (Phi) is 3.81. The van der Waals surface area contributed by atoms with Gasteiger partial charge in [0.05, 0.1) is 5.01 Å². The summed E-state index contributed by atoms with van der Waals surface area (Å²) in [7, 11) is 0. The van der Waals surface area contributed by atoms with E-state index in [0.717, 1.165) is 22.7 Å². The van der Waals surface area contributed by atoms with Crippen LogP contribution in [0, 0.1) is 6.92 Å². The lowest BCUT2D eigenvalue weighted by molar-refractivity contribution is 0.101. The van der Waals surface area contributed by atoms with Gasteiger partial charge in [-0.2, -0.15) is 0 Å². The fourth-order valence-corrected chi connectivity index (χ4v) is 2.57. The van der Waals surface area contributed by atoms with E-state index in [1.165, 1.54) is 0 Å². The molecule has 1 atom stereocenters. The number of carbonyl (C=O) groups excluding carboxylic acids is 1. The molecule has 0 bridgehead atoms. The van der Waals surface area contributed by atoms with Crippen molar-refractivity contribution in [2.75, 3.05) is 0 Å². The van der Waals surface area contributed by atoms with E-state index >= 15 is 0 Å². The molecule has 0 aliphatic heterocycles. The number of hydrogen-bond acceptors (Lipinski definition) is 3.